The lowest BCUT2D eigenvalue weighted by Gasteiger charge is -2.05. The molecule has 5 heteroatoms. The van der Waals surface area contributed by atoms with Gasteiger partial charge >= 0.3 is 5.97 Å². The van der Waals surface area contributed by atoms with E-state index in [1.54, 1.807) is 40.8 Å². The lowest BCUT2D eigenvalue weighted by atomic mass is 10.4. The van der Waals surface area contributed by atoms with Crippen LogP contribution >= 0.6 is 22.6 Å². The van der Waals surface area contributed by atoms with E-state index in [-0.39, 0.29) is 12.5 Å². The maximum Gasteiger partial charge on any atom is 0.327 e. The monoisotopic (exact) mass is 333 g/mol. The number of terminal acetylenes is 1. The van der Waals surface area contributed by atoms with Crippen LogP contribution in [0, 0.1) is 12.3 Å². The first kappa shape index (κ1) is 14.7. The second kappa shape index (κ2) is 8.97. The van der Waals surface area contributed by atoms with Gasteiger partial charge in [-0.3, -0.25) is 9.59 Å². The number of amides is 1. The fourth-order valence-electron chi connectivity index (χ4n) is 0.663. The van der Waals surface area contributed by atoms with Gasteiger partial charge in [-0.2, -0.15) is 0 Å². The van der Waals surface area contributed by atoms with E-state index < -0.39 is 10.1 Å². The molecule has 1 unspecified atom stereocenters. The minimum atomic E-state index is -0.611. The highest BCUT2D eigenvalue weighted by Crippen LogP contribution is 1.99. The molecule has 0 radical (unpaired) electrons. The van der Waals surface area contributed by atoms with E-state index in [0.29, 0.717) is 0 Å². The van der Waals surface area contributed by atoms with Gasteiger partial charge in [-0.05, 0) is 29.5 Å². The number of esters is 1. The Hall–Kier alpha value is -1.29. The zero-order valence-corrected chi connectivity index (χ0v) is 10.9. The molecule has 1 amide bonds. The quantitative estimate of drug-likeness (QED) is 0.205. The van der Waals surface area contributed by atoms with Gasteiger partial charge in [0.25, 0.3) is 0 Å². The van der Waals surface area contributed by atoms with E-state index in [9.17, 15) is 9.59 Å². The number of nitrogens with one attached hydrogen (secondary N) is 1. The molecule has 0 aromatic carbocycles. The molecule has 0 fully saturated rings. The molecule has 0 aliphatic carbocycles. The van der Waals surface area contributed by atoms with Crippen molar-refractivity contribution in [1.29, 1.82) is 0 Å². The van der Waals surface area contributed by atoms with Crippen molar-refractivity contribution in [2.45, 2.75) is 11.0 Å². The van der Waals surface area contributed by atoms with Crippen molar-refractivity contribution >= 4 is 34.5 Å². The maximum absolute atomic E-state index is 11.1. The van der Waals surface area contributed by atoms with Gasteiger partial charge < -0.3 is 10.1 Å². The summed E-state index contributed by atoms with van der Waals surface area (Å²) in [5.74, 6) is 1.31. The second-order valence-electron chi connectivity index (χ2n) is 2.58. The van der Waals surface area contributed by atoms with Crippen molar-refractivity contribution in [3.8, 4) is 12.3 Å². The number of alkyl halides is 1. The number of carbonyl (C=O) groups excluding carboxylic acids is 2. The predicted molar refractivity (Wildman–Crippen MR) is 69.7 cm³/mol. The molecule has 86 valence electrons. The average molecular weight is 333 g/mol. The van der Waals surface area contributed by atoms with Gasteiger partial charge in [0, 0.05) is 6.08 Å². The average Bonchev–Trinajstić information content (AvgIpc) is 2.26. The predicted octanol–water partition coefficient (Wildman–Crippen LogP) is 1.17. The Bertz CT molecular complexity index is 342. The Morgan fingerprint density at radius 2 is 2.25 bits per heavy atom. The van der Waals surface area contributed by atoms with Crippen molar-refractivity contribution in [2.24, 2.45) is 0 Å². The Kier molecular flexibility index (Phi) is 8.25. The van der Waals surface area contributed by atoms with Gasteiger partial charge in [-0.15, -0.1) is 6.42 Å². The van der Waals surface area contributed by atoms with Crippen molar-refractivity contribution < 1.29 is 14.3 Å². The molecular weight excluding hydrogens is 321 g/mol. The van der Waals surface area contributed by atoms with Crippen LogP contribution in [0.4, 0.5) is 0 Å². The standard InChI is InChI=1S/C11H12INO3/c1-3-5-6-7-10(14)13-8-11(15)16-9(12)4-2/h2-3,5-7,9H,8H2,1H3,(H,13,14)/b5-3+,7-6+. The first-order valence-corrected chi connectivity index (χ1v) is 5.71. The van der Waals surface area contributed by atoms with Crippen molar-refractivity contribution in [1.82, 2.24) is 5.32 Å². The minimum absolute atomic E-state index is 0.194. The van der Waals surface area contributed by atoms with Crippen LogP contribution in [0.25, 0.3) is 0 Å². The normalized spacial score (nSPS) is 12.3. The summed E-state index contributed by atoms with van der Waals surface area (Å²) < 4.78 is 4.12. The summed E-state index contributed by atoms with van der Waals surface area (Å²) in [7, 11) is 0. The number of halogens is 1. The summed E-state index contributed by atoms with van der Waals surface area (Å²) in [5.41, 5.74) is 0. The van der Waals surface area contributed by atoms with Gasteiger partial charge in [0.05, 0.1) is 0 Å². The SMILES string of the molecule is C#CC(I)OC(=O)CNC(=O)/C=C/C=C/C. The minimum Gasteiger partial charge on any atom is -0.438 e. The van der Waals surface area contributed by atoms with E-state index >= 15 is 0 Å². The number of rotatable bonds is 5. The molecule has 16 heavy (non-hydrogen) atoms. The summed E-state index contributed by atoms with van der Waals surface area (Å²) in [6, 6.07) is 0. The topological polar surface area (TPSA) is 55.4 Å². The van der Waals surface area contributed by atoms with Crippen LogP contribution in [0.3, 0.4) is 0 Å². The summed E-state index contributed by atoms with van der Waals surface area (Å²) in [5, 5.41) is 2.36. The first-order chi connectivity index (χ1) is 7.60. The molecule has 0 aromatic heterocycles. The zero-order valence-electron chi connectivity index (χ0n) is 8.77. The third-order valence-electron chi connectivity index (χ3n) is 1.32. The van der Waals surface area contributed by atoms with E-state index in [1.807, 2.05) is 6.92 Å². The van der Waals surface area contributed by atoms with Gasteiger partial charge in [-0.25, -0.2) is 0 Å². The lowest BCUT2D eigenvalue weighted by Crippen LogP contribution is -2.30. The number of hydrogen-bond donors (Lipinski definition) is 1. The lowest BCUT2D eigenvalue weighted by molar-refractivity contribution is -0.142. The highest BCUT2D eigenvalue weighted by atomic mass is 127. The third-order valence-corrected chi connectivity index (χ3v) is 1.94. The summed E-state index contributed by atoms with van der Waals surface area (Å²) in [4.78, 5) is 22.2. The first-order valence-electron chi connectivity index (χ1n) is 4.47. The Labute approximate surface area is 108 Å². The van der Waals surface area contributed by atoms with E-state index in [4.69, 9.17) is 11.2 Å². The molecule has 4 nitrogen and oxygen atoms in total. The van der Waals surface area contributed by atoms with Gasteiger partial charge in [-0.1, -0.05) is 24.1 Å². The molecule has 0 saturated heterocycles. The van der Waals surface area contributed by atoms with Gasteiger partial charge in [0.2, 0.25) is 10.0 Å². The van der Waals surface area contributed by atoms with Crippen LogP contribution in [0.1, 0.15) is 6.92 Å². The summed E-state index contributed by atoms with van der Waals surface area (Å²) in [6.07, 6.45) is 11.4. The van der Waals surface area contributed by atoms with Crippen LogP contribution in [0.2, 0.25) is 0 Å². The Morgan fingerprint density at radius 3 is 2.81 bits per heavy atom. The van der Waals surface area contributed by atoms with Crippen LogP contribution in [0.15, 0.2) is 24.3 Å². The number of allylic oxidation sites excluding steroid dienone is 3. The second-order valence-corrected chi connectivity index (χ2v) is 3.71. The molecule has 0 aromatic rings. The molecule has 0 aliphatic heterocycles. The van der Waals surface area contributed by atoms with Crippen LogP contribution < -0.4 is 5.32 Å². The molecule has 0 saturated carbocycles. The van der Waals surface area contributed by atoms with Gasteiger partial charge in [0.1, 0.15) is 6.54 Å². The largest absolute Gasteiger partial charge is 0.438 e. The molecule has 1 N–H and O–H groups in total. The molecule has 1 atom stereocenters. The Balaban J connectivity index is 3.85. The number of carbonyl (C=O) groups is 2. The number of ether oxygens (including phenoxy) is 1. The zero-order chi connectivity index (χ0) is 12.4. The van der Waals surface area contributed by atoms with E-state index in [2.05, 4.69) is 11.2 Å². The van der Waals surface area contributed by atoms with Crippen molar-refractivity contribution in [3.63, 3.8) is 0 Å². The smallest absolute Gasteiger partial charge is 0.327 e. The third kappa shape index (κ3) is 8.05. The van der Waals surface area contributed by atoms with Crippen LogP contribution in [-0.4, -0.2) is 22.5 Å². The van der Waals surface area contributed by atoms with E-state index in [1.165, 1.54) is 6.08 Å². The highest BCUT2D eigenvalue weighted by Gasteiger charge is 2.08. The van der Waals surface area contributed by atoms with E-state index in [0.717, 1.165) is 0 Å². The summed E-state index contributed by atoms with van der Waals surface area (Å²) in [6.45, 7) is 1.64. The van der Waals surface area contributed by atoms with Crippen molar-refractivity contribution in [3.05, 3.63) is 24.3 Å². The van der Waals surface area contributed by atoms with Crippen molar-refractivity contribution in [2.75, 3.05) is 6.54 Å². The van der Waals surface area contributed by atoms with Crippen LogP contribution in [-0.2, 0) is 14.3 Å². The number of hydrogen-bond acceptors (Lipinski definition) is 3. The highest BCUT2D eigenvalue weighted by molar-refractivity contribution is 14.1. The fraction of sp³-hybridized carbons (Fsp3) is 0.273. The molecule has 0 aliphatic rings. The molecule has 0 heterocycles. The maximum atomic E-state index is 11.1. The molecule has 0 bridgehead atoms. The van der Waals surface area contributed by atoms with Crippen LogP contribution in [0.5, 0.6) is 0 Å². The summed E-state index contributed by atoms with van der Waals surface area (Å²) >= 11 is 1.79. The fourth-order valence-corrected chi connectivity index (χ4v) is 0.947. The molecule has 0 rings (SSSR count). The molecular formula is C11H12INO3. The molecule has 0 spiro atoms. The Morgan fingerprint density at radius 1 is 1.56 bits per heavy atom. The van der Waals surface area contributed by atoms with Gasteiger partial charge in [0.15, 0.2) is 0 Å².